The molecule has 0 heterocycles. The molecule has 2 N–H and O–H groups in total. The lowest BCUT2D eigenvalue weighted by molar-refractivity contribution is 0.171. The van der Waals surface area contributed by atoms with Gasteiger partial charge in [-0.1, -0.05) is 12.1 Å². The minimum atomic E-state index is -3.27. The molecule has 0 spiro atoms. The van der Waals surface area contributed by atoms with Crippen molar-refractivity contribution >= 4 is 9.84 Å². The number of halogens is 1. The second-order valence-electron chi connectivity index (χ2n) is 4.82. The van der Waals surface area contributed by atoms with Crippen LogP contribution in [0.1, 0.15) is 11.5 Å². The molecule has 18 heavy (non-hydrogen) atoms. The summed E-state index contributed by atoms with van der Waals surface area (Å²) in [5, 5.41) is -0.671. The van der Waals surface area contributed by atoms with Gasteiger partial charge in [0.1, 0.15) is 5.82 Å². The predicted molar refractivity (Wildman–Crippen MR) is 66.6 cm³/mol. The molecule has 1 saturated carbocycles. The third-order valence-corrected chi connectivity index (χ3v) is 5.02. The summed E-state index contributed by atoms with van der Waals surface area (Å²) in [5.41, 5.74) is 5.92. The molecule has 1 aromatic carbocycles. The number of sulfone groups is 1. The highest BCUT2D eigenvalue weighted by Crippen LogP contribution is 2.53. The van der Waals surface area contributed by atoms with Crippen molar-refractivity contribution in [3.8, 4) is 0 Å². The predicted octanol–water partition coefficient (Wildman–Crippen LogP) is 0.680. The number of ether oxygens (including phenoxy) is 1. The molecule has 3 atom stereocenters. The van der Waals surface area contributed by atoms with Crippen molar-refractivity contribution in [2.45, 2.75) is 16.7 Å². The maximum absolute atomic E-state index is 12.9. The minimum absolute atomic E-state index is 0.160. The summed E-state index contributed by atoms with van der Waals surface area (Å²) < 4.78 is 41.3. The van der Waals surface area contributed by atoms with Crippen LogP contribution in [0.4, 0.5) is 4.39 Å². The van der Waals surface area contributed by atoms with Gasteiger partial charge in [-0.05, 0) is 17.7 Å². The van der Waals surface area contributed by atoms with Gasteiger partial charge in [-0.25, -0.2) is 12.8 Å². The van der Waals surface area contributed by atoms with Crippen molar-refractivity contribution in [2.75, 3.05) is 20.0 Å². The maximum atomic E-state index is 12.9. The Morgan fingerprint density at radius 2 is 1.94 bits per heavy atom. The summed E-state index contributed by atoms with van der Waals surface area (Å²) in [6.45, 7) is 0.160. The van der Waals surface area contributed by atoms with Gasteiger partial charge in [-0.2, -0.15) is 0 Å². The Kier molecular flexibility index (Phi) is 3.21. The standard InChI is InChI=1S/C12H16FNO3S/c1-17-7-12(14)10(11(12)18(2,15)16)8-3-5-9(13)6-4-8/h3-6,10-11H,7,14H2,1-2H3/t10-,11+,12-/m0/s1. The highest BCUT2D eigenvalue weighted by atomic mass is 32.2. The lowest BCUT2D eigenvalue weighted by atomic mass is 10.1. The minimum Gasteiger partial charge on any atom is -0.383 e. The van der Waals surface area contributed by atoms with Crippen molar-refractivity contribution in [3.05, 3.63) is 35.6 Å². The van der Waals surface area contributed by atoms with Gasteiger partial charge in [-0.15, -0.1) is 0 Å². The van der Waals surface area contributed by atoms with Crippen LogP contribution >= 0.6 is 0 Å². The van der Waals surface area contributed by atoms with Gasteiger partial charge >= 0.3 is 0 Å². The van der Waals surface area contributed by atoms with E-state index in [4.69, 9.17) is 10.5 Å². The Labute approximate surface area is 106 Å². The van der Waals surface area contributed by atoms with Crippen molar-refractivity contribution in [1.82, 2.24) is 0 Å². The Morgan fingerprint density at radius 3 is 2.39 bits per heavy atom. The second kappa shape index (κ2) is 4.29. The SMILES string of the molecule is COC[C@@]1(N)[C@H](S(C)(=O)=O)[C@@H]1c1ccc(F)cc1. The number of nitrogens with two attached hydrogens (primary N) is 1. The Balaban J connectivity index is 2.35. The zero-order valence-electron chi connectivity index (χ0n) is 10.3. The molecule has 0 bridgehead atoms. The highest BCUT2D eigenvalue weighted by molar-refractivity contribution is 7.91. The Morgan fingerprint density at radius 1 is 1.39 bits per heavy atom. The van der Waals surface area contributed by atoms with Crippen molar-refractivity contribution < 1.29 is 17.5 Å². The maximum Gasteiger partial charge on any atom is 0.152 e. The van der Waals surface area contributed by atoms with Gasteiger partial charge in [-0.3, -0.25) is 0 Å². The fourth-order valence-corrected chi connectivity index (χ4v) is 4.48. The van der Waals surface area contributed by atoms with Crippen LogP contribution in [-0.4, -0.2) is 39.2 Å². The zero-order chi connectivity index (χ0) is 13.6. The van der Waals surface area contributed by atoms with E-state index < -0.39 is 20.6 Å². The summed E-state index contributed by atoms with van der Waals surface area (Å²) in [5.74, 6) is -0.697. The summed E-state index contributed by atoms with van der Waals surface area (Å²) in [4.78, 5) is 0. The lowest BCUT2D eigenvalue weighted by Crippen LogP contribution is -2.35. The van der Waals surface area contributed by atoms with E-state index >= 15 is 0 Å². The first-order valence-corrected chi connectivity index (χ1v) is 7.48. The van der Waals surface area contributed by atoms with Crippen molar-refractivity contribution in [3.63, 3.8) is 0 Å². The van der Waals surface area contributed by atoms with Gasteiger partial charge < -0.3 is 10.5 Å². The van der Waals surface area contributed by atoms with Crippen LogP contribution in [0.5, 0.6) is 0 Å². The monoisotopic (exact) mass is 273 g/mol. The fourth-order valence-electron chi connectivity index (χ4n) is 2.65. The Hall–Kier alpha value is -0.980. The lowest BCUT2D eigenvalue weighted by Gasteiger charge is -2.10. The van der Waals surface area contributed by atoms with Crippen LogP contribution < -0.4 is 5.73 Å². The second-order valence-corrected chi connectivity index (χ2v) is 6.99. The molecule has 0 amide bonds. The van der Waals surface area contributed by atoms with Gasteiger partial charge in [0.2, 0.25) is 0 Å². The molecule has 0 unspecified atom stereocenters. The largest absolute Gasteiger partial charge is 0.383 e. The molecular weight excluding hydrogens is 257 g/mol. The molecule has 1 aliphatic rings. The summed E-state index contributed by atoms with van der Waals surface area (Å²) in [6, 6.07) is 5.76. The number of methoxy groups -OCH3 is 1. The zero-order valence-corrected chi connectivity index (χ0v) is 11.1. The molecule has 1 aliphatic carbocycles. The van der Waals surface area contributed by atoms with Crippen LogP contribution in [0.15, 0.2) is 24.3 Å². The first kappa shape index (κ1) is 13.5. The molecule has 0 radical (unpaired) electrons. The Bertz CT molecular complexity index is 543. The molecule has 2 rings (SSSR count). The molecule has 0 aliphatic heterocycles. The summed E-state index contributed by atoms with van der Waals surface area (Å²) >= 11 is 0. The van der Waals surface area contributed by atoms with Crippen LogP contribution in [0, 0.1) is 5.82 Å². The molecule has 1 fully saturated rings. The first-order valence-electron chi connectivity index (χ1n) is 5.53. The normalized spacial score (nSPS) is 31.3. The van der Waals surface area contributed by atoms with Crippen molar-refractivity contribution in [2.24, 2.45) is 5.73 Å². The van der Waals surface area contributed by atoms with E-state index in [1.165, 1.54) is 25.5 Å². The molecule has 100 valence electrons. The van der Waals surface area contributed by atoms with Gasteiger partial charge in [0, 0.05) is 19.3 Å². The van der Waals surface area contributed by atoms with E-state index in [9.17, 15) is 12.8 Å². The molecule has 0 aromatic heterocycles. The number of rotatable bonds is 4. The summed E-state index contributed by atoms with van der Waals surface area (Å²) in [7, 11) is -1.79. The average Bonchev–Trinajstić information content (AvgIpc) is 2.86. The quantitative estimate of drug-likeness (QED) is 0.876. The van der Waals surface area contributed by atoms with Crippen LogP contribution in [-0.2, 0) is 14.6 Å². The molecular formula is C12H16FNO3S. The highest BCUT2D eigenvalue weighted by Gasteiger charge is 2.67. The third kappa shape index (κ3) is 2.15. The first-order chi connectivity index (χ1) is 8.30. The topological polar surface area (TPSA) is 69.4 Å². The average molecular weight is 273 g/mol. The van der Waals surface area contributed by atoms with Crippen molar-refractivity contribution in [1.29, 1.82) is 0 Å². The van der Waals surface area contributed by atoms with Crippen LogP contribution in [0.25, 0.3) is 0 Å². The third-order valence-electron chi connectivity index (χ3n) is 3.39. The molecule has 6 heteroatoms. The molecule has 1 aromatic rings. The van der Waals surface area contributed by atoms with E-state index in [0.29, 0.717) is 0 Å². The smallest absolute Gasteiger partial charge is 0.152 e. The summed E-state index contributed by atoms with van der Waals surface area (Å²) in [6.07, 6.45) is 1.17. The van der Waals surface area contributed by atoms with Gasteiger partial charge in [0.15, 0.2) is 9.84 Å². The molecule has 0 saturated heterocycles. The van der Waals surface area contributed by atoms with E-state index in [1.54, 1.807) is 12.1 Å². The van der Waals surface area contributed by atoms with E-state index in [0.717, 1.165) is 5.56 Å². The van der Waals surface area contributed by atoms with Crippen LogP contribution in [0.2, 0.25) is 0 Å². The van der Waals surface area contributed by atoms with Gasteiger partial charge in [0.05, 0.1) is 17.4 Å². The fraction of sp³-hybridized carbons (Fsp3) is 0.500. The molecule has 4 nitrogen and oxygen atoms in total. The van der Waals surface area contributed by atoms with E-state index in [-0.39, 0.29) is 18.3 Å². The van der Waals surface area contributed by atoms with Gasteiger partial charge in [0.25, 0.3) is 0 Å². The van der Waals surface area contributed by atoms with Crippen LogP contribution in [0.3, 0.4) is 0 Å². The number of hydrogen-bond acceptors (Lipinski definition) is 4. The van der Waals surface area contributed by atoms with E-state index in [1.807, 2.05) is 0 Å². The number of benzene rings is 1. The van der Waals surface area contributed by atoms with E-state index in [2.05, 4.69) is 0 Å². The number of hydrogen-bond donors (Lipinski definition) is 1.